The van der Waals surface area contributed by atoms with Crippen LogP contribution in [-0.2, 0) is 19.6 Å². The molecular formula is C20H30N4O4S2. The number of thioether (sulfide) groups is 1. The summed E-state index contributed by atoms with van der Waals surface area (Å²) in [7, 11) is -0.623. The van der Waals surface area contributed by atoms with Crippen molar-refractivity contribution in [2.24, 2.45) is 10.4 Å². The molecule has 1 N–H and O–H groups in total. The molecule has 0 aromatic heterocycles. The maximum absolute atomic E-state index is 12.7. The molecule has 0 aliphatic carbocycles. The molecule has 1 saturated heterocycles. The summed E-state index contributed by atoms with van der Waals surface area (Å²) < 4.78 is 25.9. The largest absolute Gasteiger partial charge is 0.355 e. The summed E-state index contributed by atoms with van der Waals surface area (Å²) in [5.74, 6) is -0.232. The van der Waals surface area contributed by atoms with E-state index >= 15 is 0 Å². The fraction of sp³-hybridized carbons (Fsp3) is 0.550. The van der Waals surface area contributed by atoms with Crippen molar-refractivity contribution in [3.8, 4) is 0 Å². The molecule has 1 aliphatic rings. The number of carbonyl (C=O) groups is 2. The maximum atomic E-state index is 12.7. The van der Waals surface area contributed by atoms with Crippen LogP contribution >= 0.6 is 11.8 Å². The van der Waals surface area contributed by atoms with E-state index in [1.165, 1.54) is 38.0 Å². The lowest BCUT2D eigenvalue weighted by Gasteiger charge is -2.19. The molecule has 1 aliphatic heterocycles. The zero-order valence-electron chi connectivity index (χ0n) is 18.3. The Morgan fingerprint density at radius 3 is 2.57 bits per heavy atom. The standard InChI is InChI=1S/C20H30N4O4S2/c1-14-13-24(17(25)10-11-21-18(26)20(2,3)4)19(29-14)22-15-8-7-9-16(12-15)30(27,28)23(5)6/h7-9,12,14H,10-11,13H2,1-6H3,(H,21,26). The predicted octanol–water partition coefficient (Wildman–Crippen LogP) is 2.44. The lowest BCUT2D eigenvalue weighted by molar-refractivity contribution is -0.129. The lowest BCUT2D eigenvalue weighted by Crippen LogP contribution is -2.39. The molecule has 1 atom stereocenters. The number of benzene rings is 1. The van der Waals surface area contributed by atoms with Gasteiger partial charge in [0.15, 0.2) is 5.17 Å². The predicted molar refractivity (Wildman–Crippen MR) is 120 cm³/mol. The van der Waals surface area contributed by atoms with Crippen molar-refractivity contribution in [3.05, 3.63) is 24.3 Å². The highest BCUT2D eigenvalue weighted by Crippen LogP contribution is 2.29. The Bertz CT molecular complexity index is 936. The summed E-state index contributed by atoms with van der Waals surface area (Å²) in [6.07, 6.45) is 0.170. The van der Waals surface area contributed by atoms with Gasteiger partial charge in [0, 0.05) is 44.3 Å². The number of nitrogens with one attached hydrogen (secondary N) is 1. The van der Waals surface area contributed by atoms with Gasteiger partial charge < -0.3 is 5.32 Å². The van der Waals surface area contributed by atoms with Gasteiger partial charge in [0.05, 0.1) is 10.6 Å². The Balaban J connectivity index is 2.15. The monoisotopic (exact) mass is 454 g/mol. The van der Waals surface area contributed by atoms with E-state index in [2.05, 4.69) is 10.3 Å². The molecule has 8 nitrogen and oxygen atoms in total. The Kier molecular flexibility index (Phi) is 7.70. The third-order valence-electron chi connectivity index (χ3n) is 4.40. The van der Waals surface area contributed by atoms with Crippen molar-refractivity contribution in [2.75, 3.05) is 27.2 Å². The van der Waals surface area contributed by atoms with E-state index < -0.39 is 15.4 Å². The van der Waals surface area contributed by atoms with E-state index in [-0.39, 0.29) is 34.9 Å². The fourth-order valence-electron chi connectivity index (χ4n) is 2.63. The minimum Gasteiger partial charge on any atom is -0.355 e. The van der Waals surface area contributed by atoms with Crippen LogP contribution in [0, 0.1) is 5.41 Å². The number of carbonyl (C=O) groups excluding carboxylic acids is 2. The number of nitrogens with zero attached hydrogens (tertiary/aromatic N) is 3. The molecule has 10 heteroatoms. The van der Waals surface area contributed by atoms with Crippen LogP contribution < -0.4 is 5.32 Å². The highest BCUT2D eigenvalue weighted by Gasteiger charge is 2.31. The molecule has 1 unspecified atom stereocenters. The van der Waals surface area contributed by atoms with Crippen LogP contribution in [0.1, 0.15) is 34.1 Å². The van der Waals surface area contributed by atoms with E-state index in [1.807, 2.05) is 27.7 Å². The molecule has 2 amide bonds. The van der Waals surface area contributed by atoms with Gasteiger partial charge in [-0.15, -0.1) is 0 Å². The molecule has 0 saturated carbocycles. The van der Waals surface area contributed by atoms with Gasteiger partial charge in [0.25, 0.3) is 0 Å². The van der Waals surface area contributed by atoms with Gasteiger partial charge in [-0.1, -0.05) is 45.5 Å². The Morgan fingerprint density at radius 1 is 1.30 bits per heavy atom. The van der Waals surface area contributed by atoms with Crippen molar-refractivity contribution in [3.63, 3.8) is 0 Å². The van der Waals surface area contributed by atoms with E-state index in [9.17, 15) is 18.0 Å². The second-order valence-electron chi connectivity index (χ2n) is 8.37. The second-order valence-corrected chi connectivity index (χ2v) is 11.9. The van der Waals surface area contributed by atoms with Crippen LogP contribution in [-0.4, -0.2) is 67.0 Å². The quantitative estimate of drug-likeness (QED) is 0.712. The first kappa shape index (κ1) is 24.4. The van der Waals surface area contributed by atoms with E-state index in [4.69, 9.17) is 0 Å². The number of amidine groups is 1. The minimum absolute atomic E-state index is 0.104. The molecular weight excluding hydrogens is 424 g/mol. The van der Waals surface area contributed by atoms with Gasteiger partial charge in [-0.3, -0.25) is 14.5 Å². The number of aliphatic imine (C=N–C) groups is 1. The summed E-state index contributed by atoms with van der Waals surface area (Å²) in [5.41, 5.74) is -0.0423. The molecule has 1 aromatic rings. The topological polar surface area (TPSA) is 99.1 Å². The van der Waals surface area contributed by atoms with E-state index in [0.29, 0.717) is 17.4 Å². The highest BCUT2D eigenvalue weighted by atomic mass is 32.2. The van der Waals surface area contributed by atoms with Gasteiger partial charge in [-0.2, -0.15) is 0 Å². The molecule has 1 fully saturated rings. The Morgan fingerprint density at radius 2 is 1.97 bits per heavy atom. The maximum Gasteiger partial charge on any atom is 0.242 e. The number of amides is 2. The summed E-state index contributed by atoms with van der Waals surface area (Å²) in [6.45, 7) is 8.23. The SMILES string of the molecule is CC1CN(C(=O)CCNC(=O)C(C)(C)C)C(=Nc2cccc(S(=O)(=O)N(C)C)c2)S1. The number of hydrogen-bond acceptors (Lipinski definition) is 6. The van der Waals surface area contributed by atoms with E-state index in [0.717, 1.165) is 4.31 Å². The van der Waals surface area contributed by atoms with Crippen LogP contribution in [0.15, 0.2) is 34.2 Å². The first-order valence-electron chi connectivity index (χ1n) is 9.69. The zero-order chi connectivity index (χ0) is 22.7. The van der Waals surface area contributed by atoms with Gasteiger partial charge in [-0.05, 0) is 18.2 Å². The summed E-state index contributed by atoms with van der Waals surface area (Å²) in [6, 6.07) is 6.35. The highest BCUT2D eigenvalue weighted by molar-refractivity contribution is 8.14. The van der Waals surface area contributed by atoms with Crippen molar-refractivity contribution in [1.29, 1.82) is 0 Å². The lowest BCUT2D eigenvalue weighted by atomic mass is 9.96. The van der Waals surface area contributed by atoms with Crippen LogP contribution in [0.5, 0.6) is 0 Å². The van der Waals surface area contributed by atoms with Crippen molar-refractivity contribution >= 4 is 44.5 Å². The number of sulfonamides is 1. The van der Waals surface area contributed by atoms with Crippen LogP contribution in [0.2, 0.25) is 0 Å². The van der Waals surface area contributed by atoms with Crippen LogP contribution in [0.4, 0.5) is 5.69 Å². The van der Waals surface area contributed by atoms with Crippen molar-refractivity contribution in [1.82, 2.24) is 14.5 Å². The van der Waals surface area contributed by atoms with Crippen LogP contribution in [0.25, 0.3) is 0 Å². The van der Waals surface area contributed by atoms with Crippen molar-refractivity contribution < 1.29 is 18.0 Å². The van der Waals surface area contributed by atoms with Gasteiger partial charge >= 0.3 is 0 Å². The van der Waals surface area contributed by atoms with Crippen LogP contribution in [0.3, 0.4) is 0 Å². The van der Waals surface area contributed by atoms with Crippen molar-refractivity contribution in [2.45, 2.75) is 44.3 Å². The minimum atomic E-state index is -3.57. The van der Waals surface area contributed by atoms with E-state index in [1.54, 1.807) is 17.0 Å². The average molecular weight is 455 g/mol. The third-order valence-corrected chi connectivity index (χ3v) is 7.29. The Labute approximate surface area is 183 Å². The molecule has 0 spiro atoms. The first-order chi connectivity index (χ1) is 13.8. The van der Waals surface area contributed by atoms with Gasteiger partial charge in [0.2, 0.25) is 21.8 Å². The normalized spacial score (nSPS) is 18.8. The summed E-state index contributed by atoms with van der Waals surface area (Å²) in [4.78, 5) is 31.0. The summed E-state index contributed by atoms with van der Waals surface area (Å²) in [5, 5.41) is 3.49. The number of hydrogen-bond donors (Lipinski definition) is 1. The fourth-order valence-corrected chi connectivity index (χ4v) is 4.62. The average Bonchev–Trinajstić information content (AvgIpc) is 3.01. The van der Waals surface area contributed by atoms with Gasteiger partial charge in [0.1, 0.15) is 0 Å². The molecule has 1 aromatic carbocycles. The second kappa shape index (κ2) is 9.49. The molecule has 1 heterocycles. The van der Waals surface area contributed by atoms with Gasteiger partial charge in [-0.25, -0.2) is 17.7 Å². The third kappa shape index (κ3) is 6.05. The smallest absolute Gasteiger partial charge is 0.242 e. The molecule has 30 heavy (non-hydrogen) atoms. The molecule has 166 valence electrons. The molecule has 2 rings (SSSR count). The summed E-state index contributed by atoms with van der Waals surface area (Å²) >= 11 is 1.47. The molecule has 0 bridgehead atoms. The molecule has 0 radical (unpaired) electrons. The zero-order valence-corrected chi connectivity index (χ0v) is 19.9. The first-order valence-corrected chi connectivity index (χ1v) is 12.0. The Hall–Kier alpha value is -1.91. The number of rotatable bonds is 6.